The van der Waals surface area contributed by atoms with Crippen LogP contribution < -0.4 is 0 Å². The number of hydrogen-bond acceptors (Lipinski definition) is 4. The van der Waals surface area contributed by atoms with E-state index >= 15 is 0 Å². The highest BCUT2D eigenvalue weighted by Gasteiger charge is 2.39. The van der Waals surface area contributed by atoms with E-state index in [0.717, 1.165) is 0 Å². The van der Waals surface area contributed by atoms with Gasteiger partial charge in [0.05, 0.1) is 7.11 Å². The van der Waals surface area contributed by atoms with Gasteiger partial charge >= 0.3 is 5.97 Å². The molecule has 6 heteroatoms. The summed E-state index contributed by atoms with van der Waals surface area (Å²) in [7, 11) is 1.21. The first kappa shape index (κ1) is 11.7. The number of rotatable bonds is 1. The third kappa shape index (κ3) is 2.17. The summed E-state index contributed by atoms with van der Waals surface area (Å²) < 4.78 is 3.30. The molecule has 76 valence electrons. The average Bonchev–Trinajstić information content (AvgIpc) is 2.47. The normalized spacial score (nSPS) is 22.7. The molecule has 1 rings (SSSR count). The highest BCUT2D eigenvalue weighted by molar-refractivity contribution is 8.03. The number of ether oxygens (including phenoxy) is 1. The minimum Gasteiger partial charge on any atom is -0.465 e. The molecule has 0 aliphatic carbocycles. The first-order valence-corrected chi connectivity index (χ1v) is 5.51. The van der Waals surface area contributed by atoms with Crippen LogP contribution in [0.5, 0.6) is 0 Å². The third-order valence-electron chi connectivity index (χ3n) is 1.79. The van der Waals surface area contributed by atoms with Gasteiger partial charge in [-0.05, 0) is 6.42 Å². The molecule has 0 aromatic carbocycles. The molecule has 0 aromatic rings. The molecule has 1 aliphatic rings. The minimum atomic E-state index is -1.17. The maximum absolute atomic E-state index is 11.2. The van der Waals surface area contributed by atoms with Crippen molar-refractivity contribution < 1.29 is 9.53 Å². The van der Waals surface area contributed by atoms with E-state index in [2.05, 4.69) is 4.74 Å². The summed E-state index contributed by atoms with van der Waals surface area (Å²) in [5.41, 5.74) is 0.364. The highest BCUT2D eigenvalue weighted by atomic mass is 35.5. The van der Waals surface area contributed by atoms with Gasteiger partial charge in [-0.2, -0.15) is 5.26 Å². The monoisotopic (exact) mass is 251 g/mol. The van der Waals surface area contributed by atoms with Crippen molar-refractivity contribution in [3.63, 3.8) is 0 Å². The molecule has 1 aliphatic heterocycles. The fraction of sp³-hybridized carbons (Fsp3) is 0.500. The summed E-state index contributed by atoms with van der Waals surface area (Å²) >= 11 is 13.1. The van der Waals surface area contributed by atoms with Crippen LogP contribution in [0.4, 0.5) is 0 Å². The van der Waals surface area contributed by atoms with Crippen molar-refractivity contribution in [2.45, 2.75) is 10.1 Å². The first-order chi connectivity index (χ1) is 6.53. The smallest absolute Gasteiger partial charge is 0.348 e. The molecule has 0 N–H and O–H groups in total. The van der Waals surface area contributed by atoms with Crippen LogP contribution in [0.3, 0.4) is 0 Å². The number of nitrogens with zero attached hydrogens (tertiary/aromatic N) is 1. The maximum Gasteiger partial charge on any atom is 0.348 e. The second-order valence-corrected chi connectivity index (χ2v) is 5.66. The Morgan fingerprint density at radius 2 is 2.36 bits per heavy atom. The number of hydrogen-bond donors (Lipinski definition) is 0. The largest absolute Gasteiger partial charge is 0.465 e. The third-order valence-corrected chi connectivity index (χ3v) is 3.92. The second-order valence-electron chi connectivity index (χ2n) is 2.57. The quantitative estimate of drug-likeness (QED) is 0.311. The molecule has 1 fully saturated rings. The van der Waals surface area contributed by atoms with Crippen LogP contribution in [-0.2, 0) is 9.53 Å². The molecule has 0 atom stereocenters. The summed E-state index contributed by atoms with van der Waals surface area (Å²) in [5.74, 6) is 0.0144. The fourth-order valence-electron chi connectivity index (χ4n) is 1.12. The Morgan fingerprint density at radius 1 is 1.71 bits per heavy atom. The van der Waals surface area contributed by atoms with E-state index in [4.69, 9.17) is 28.5 Å². The topological polar surface area (TPSA) is 50.1 Å². The number of thioether (sulfide) groups is 1. The van der Waals surface area contributed by atoms with Crippen molar-refractivity contribution in [3.8, 4) is 6.07 Å². The lowest BCUT2D eigenvalue weighted by Crippen LogP contribution is -2.13. The zero-order valence-corrected chi connectivity index (χ0v) is 9.67. The predicted octanol–water partition coefficient (Wildman–Crippen LogP) is 2.25. The van der Waals surface area contributed by atoms with E-state index in [9.17, 15) is 4.79 Å². The molecular weight excluding hydrogens is 245 g/mol. The number of nitriles is 1. The molecule has 0 amide bonds. The van der Waals surface area contributed by atoms with Gasteiger partial charge in [0.15, 0.2) is 3.67 Å². The summed E-state index contributed by atoms with van der Waals surface area (Å²) in [6.07, 6.45) is 0.537. The summed E-state index contributed by atoms with van der Waals surface area (Å²) in [6, 6.07) is 1.77. The molecule has 1 saturated heterocycles. The Labute approximate surface area is 96.0 Å². The van der Waals surface area contributed by atoms with Crippen molar-refractivity contribution in [2.75, 3.05) is 12.9 Å². The van der Waals surface area contributed by atoms with Crippen LogP contribution in [0.15, 0.2) is 11.1 Å². The standard InChI is InChI=1S/C8H7Cl2NO2S/c1-13-7(12)5(4-11)6-2-3-14-8(6,9)10/h2-3H2,1H3/b6-5+. The van der Waals surface area contributed by atoms with Crippen molar-refractivity contribution in [1.82, 2.24) is 0 Å². The lowest BCUT2D eigenvalue weighted by Gasteiger charge is -2.13. The molecule has 0 saturated carbocycles. The Balaban J connectivity index is 3.13. The van der Waals surface area contributed by atoms with Gasteiger partial charge in [0, 0.05) is 11.3 Å². The van der Waals surface area contributed by atoms with Crippen molar-refractivity contribution in [3.05, 3.63) is 11.1 Å². The Hall–Kier alpha value is -0.370. The predicted molar refractivity (Wildman–Crippen MR) is 56.2 cm³/mol. The van der Waals surface area contributed by atoms with Crippen LogP contribution in [0.1, 0.15) is 6.42 Å². The molecule has 0 spiro atoms. The maximum atomic E-state index is 11.2. The Bertz CT molecular complexity index is 333. The number of carbonyl (C=O) groups is 1. The minimum absolute atomic E-state index is 0.0810. The van der Waals surface area contributed by atoms with Gasteiger partial charge in [0.2, 0.25) is 0 Å². The van der Waals surface area contributed by atoms with E-state index < -0.39 is 9.63 Å². The van der Waals surface area contributed by atoms with Gasteiger partial charge in [0.1, 0.15) is 11.6 Å². The van der Waals surface area contributed by atoms with Gasteiger partial charge in [-0.25, -0.2) is 4.79 Å². The van der Waals surface area contributed by atoms with Gasteiger partial charge in [0.25, 0.3) is 0 Å². The number of alkyl halides is 2. The zero-order valence-electron chi connectivity index (χ0n) is 7.34. The molecule has 3 nitrogen and oxygen atoms in total. The zero-order chi connectivity index (χ0) is 10.8. The van der Waals surface area contributed by atoms with Crippen LogP contribution in [0, 0.1) is 11.3 Å². The summed E-state index contributed by atoms with van der Waals surface area (Å²) in [6.45, 7) is 0. The van der Waals surface area contributed by atoms with E-state index in [-0.39, 0.29) is 5.57 Å². The highest BCUT2D eigenvalue weighted by Crippen LogP contribution is 2.50. The van der Waals surface area contributed by atoms with Crippen LogP contribution in [0.25, 0.3) is 0 Å². The number of methoxy groups -OCH3 is 1. The van der Waals surface area contributed by atoms with E-state index in [1.54, 1.807) is 6.07 Å². The second kappa shape index (κ2) is 4.43. The lowest BCUT2D eigenvalue weighted by molar-refractivity contribution is -0.135. The fourth-order valence-corrected chi connectivity index (χ4v) is 2.90. The van der Waals surface area contributed by atoms with E-state index in [1.165, 1.54) is 18.9 Å². The molecular formula is C8H7Cl2NO2S. The van der Waals surface area contributed by atoms with Gasteiger partial charge in [-0.1, -0.05) is 23.2 Å². The number of esters is 1. The van der Waals surface area contributed by atoms with Crippen LogP contribution in [0.2, 0.25) is 0 Å². The van der Waals surface area contributed by atoms with E-state index in [1.807, 2.05) is 0 Å². The van der Waals surface area contributed by atoms with Gasteiger partial charge in [-0.15, -0.1) is 11.8 Å². The first-order valence-electron chi connectivity index (χ1n) is 3.76. The van der Waals surface area contributed by atoms with Crippen molar-refractivity contribution in [2.24, 2.45) is 0 Å². The molecule has 0 unspecified atom stereocenters. The van der Waals surface area contributed by atoms with Crippen LogP contribution >= 0.6 is 35.0 Å². The summed E-state index contributed by atoms with van der Waals surface area (Å²) in [4.78, 5) is 11.2. The lowest BCUT2D eigenvalue weighted by atomic mass is 10.1. The molecule has 0 radical (unpaired) electrons. The van der Waals surface area contributed by atoms with Crippen molar-refractivity contribution >= 4 is 40.9 Å². The van der Waals surface area contributed by atoms with Gasteiger partial charge < -0.3 is 4.74 Å². The number of carbonyl (C=O) groups excluding carboxylic acids is 1. The molecule has 0 aromatic heterocycles. The van der Waals surface area contributed by atoms with Crippen LogP contribution in [-0.4, -0.2) is 22.5 Å². The molecule has 14 heavy (non-hydrogen) atoms. The Morgan fingerprint density at radius 3 is 2.71 bits per heavy atom. The van der Waals surface area contributed by atoms with Gasteiger partial charge in [-0.3, -0.25) is 0 Å². The Kier molecular flexibility index (Phi) is 3.71. The number of halogens is 2. The van der Waals surface area contributed by atoms with E-state index in [0.29, 0.717) is 17.7 Å². The molecule has 1 heterocycles. The van der Waals surface area contributed by atoms with Crippen molar-refractivity contribution in [1.29, 1.82) is 5.26 Å². The SMILES string of the molecule is COC(=O)/C(C#N)=C1\CCSC1(Cl)Cl. The summed E-state index contributed by atoms with van der Waals surface area (Å²) in [5, 5.41) is 8.78. The molecule has 0 bridgehead atoms. The average molecular weight is 252 g/mol.